The molecule has 0 bridgehead atoms. The Morgan fingerprint density at radius 2 is 2.13 bits per heavy atom. The van der Waals surface area contributed by atoms with Gasteiger partial charge in [0, 0.05) is 5.02 Å². The molecule has 1 aliphatic rings. The molecule has 6 heteroatoms. The van der Waals surface area contributed by atoms with Crippen molar-refractivity contribution in [3.8, 4) is 5.75 Å². The molecule has 1 aliphatic heterocycles. The predicted molar refractivity (Wildman–Crippen MR) is 59.3 cm³/mol. The highest BCUT2D eigenvalue weighted by atomic mass is 35.5. The van der Waals surface area contributed by atoms with Crippen molar-refractivity contribution in [2.24, 2.45) is 10.2 Å². The van der Waals surface area contributed by atoms with Gasteiger partial charge in [-0.15, -0.1) is 10.2 Å². The van der Waals surface area contributed by atoms with Gasteiger partial charge in [0.05, 0.1) is 0 Å². The molecule has 0 radical (unpaired) electrons. The van der Waals surface area contributed by atoms with E-state index in [1.54, 1.807) is 24.3 Å². The normalized spacial score (nSPS) is 19.0. The van der Waals surface area contributed by atoms with Crippen molar-refractivity contribution in [1.29, 1.82) is 0 Å². The van der Waals surface area contributed by atoms with Crippen molar-refractivity contribution in [2.45, 2.75) is 6.23 Å². The number of ether oxygens (including phenoxy) is 2. The highest BCUT2D eigenvalue weighted by molar-refractivity contribution is 7.80. The summed E-state index contributed by atoms with van der Waals surface area (Å²) in [7, 11) is 0. The standard InChI is InChI=1S/C9H7ClN2O2S/c10-6-1-3-7(4-2-6)13-5-8-11-12-9(15)14-8/h1-4,8H,5H2. The summed E-state index contributed by atoms with van der Waals surface area (Å²) in [5.41, 5.74) is 0. The number of hydrogen-bond acceptors (Lipinski definition) is 4. The molecule has 0 amide bonds. The Balaban J connectivity index is 1.86. The maximum absolute atomic E-state index is 5.73. The Hall–Kier alpha value is -1.20. The van der Waals surface area contributed by atoms with Gasteiger partial charge in [-0.05, 0) is 36.5 Å². The predicted octanol–water partition coefficient (Wildman–Crippen LogP) is 2.81. The first kappa shape index (κ1) is 10.3. The SMILES string of the molecule is S=C1N=NC(COc2ccc(Cl)cc2)O1. The lowest BCUT2D eigenvalue weighted by Crippen LogP contribution is -2.16. The van der Waals surface area contributed by atoms with E-state index in [1.165, 1.54) is 0 Å². The Morgan fingerprint density at radius 1 is 1.40 bits per heavy atom. The van der Waals surface area contributed by atoms with Gasteiger partial charge < -0.3 is 9.47 Å². The Labute approximate surface area is 96.9 Å². The summed E-state index contributed by atoms with van der Waals surface area (Å²) < 4.78 is 10.5. The first-order chi connectivity index (χ1) is 7.24. The second-order valence-electron chi connectivity index (χ2n) is 2.82. The van der Waals surface area contributed by atoms with Gasteiger partial charge in [-0.25, -0.2) is 0 Å². The van der Waals surface area contributed by atoms with Crippen LogP contribution in [0.3, 0.4) is 0 Å². The maximum atomic E-state index is 5.73. The van der Waals surface area contributed by atoms with Gasteiger partial charge in [0.1, 0.15) is 12.4 Å². The minimum Gasteiger partial charge on any atom is -0.488 e. The van der Waals surface area contributed by atoms with Crippen molar-refractivity contribution < 1.29 is 9.47 Å². The summed E-state index contributed by atoms with van der Waals surface area (Å²) in [6.07, 6.45) is -0.437. The molecule has 0 fully saturated rings. The molecule has 0 saturated carbocycles. The lowest BCUT2D eigenvalue weighted by atomic mass is 10.3. The van der Waals surface area contributed by atoms with E-state index in [0.717, 1.165) is 0 Å². The fourth-order valence-electron chi connectivity index (χ4n) is 1.04. The largest absolute Gasteiger partial charge is 0.488 e. The Kier molecular flexibility index (Phi) is 3.13. The van der Waals surface area contributed by atoms with Gasteiger partial charge in [-0.3, -0.25) is 0 Å². The molecule has 1 unspecified atom stereocenters. The fraction of sp³-hybridized carbons (Fsp3) is 0.222. The Morgan fingerprint density at radius 3 is 2.73 bits per heavy atom. The van der Waals surface area contributed by atoms with Crippen LogP contribution in [0.15, 0.2) is 34.5 Å². The molecule has 0 spiro atoms. The van der Waals surface area contributed by atoms with Crippen molar-refractivity contribution in [2.75, 3.05) is 6.61 Å². The average molecular weight is 243 g/mol. The quantitative estimate of drug-likeness (QED) is 0.766. The van der Waals surface area contributed by atoms with Crippen LogP contribution in [0.25, 0.3) is 0 Å². The van der Waals surface area contributed by atoms with Crippen LogP contribution in [-0.4, -0.2) is 18.0 Å². The summed E-state index contributed by atoms with van der Waals surface area (Å²) >= 11 is 10.4. The summed E-state index contributed by atoms with van der Waals surface area (Å²) in [6, 6.07) is 7.04. The topological polar surface area (TPSA) is 43.2 Å². The van der Waals surface area contributed by atoms with E-state index in [-0.39, 0.29) is 11.8 Å². The van der Waals surface area contributed by atoms with Gasteiger partial charge in [-0.2, -0.15) is 0 Å². The second kappa shape index (κ2) is 4.55. The molecule has 0 aliphatic carbocycles. The highest BCUT2D eigenvalue weighted by Gasteiger charge is 2.17. The van der Waals surface area contributed by atoms with Crippen LogP contribution >= 0.6 is 23.8 Å². The van der Waals surface area contributed by atoms with Gasteiger partial charge in [-0.1, -0.05) is 11.6 Å². The lowest BCUT2D eigenvalue weighted by molar-refractivity contribution is 0.140. The van der Waals surface area contributed by atoms with Crippen LogP contribution in [0, 0.1) is 0 Å². The third-order valence-corrected chi connectivity index (χ3v) is 2.14. The molecule has 2 rings (SSSR count). The zero-order valence-corrected chi connectivity index (χ0v) is 9.16. The van der Waals surface area contributed by atoms with Crippen LogP contribution in [-0.2, 0) is 4.74 Å². The van der Waals surface area contributed by atoms with Crippen LogP contribution in [0.4, 0.5) is 0 Å². The second-order valence-corrected chi connectivity index (χ2v) is 3.60. The third-order valence-electron chi connectivity index (χ3n) is 1.71. The molecule has 0 saturated heterocycles. The maximum Gasteiger partial charge on any atom is 0.304 e. The molecular formula is C9H7ClN2O2S. The third kappa shape index (κ3) is 2.87. The molecule has 1 atom stereocenters. The van der Waals surface area contributed by atoms with Crippen LogP contribution in [0.5, 0.6) is 5.75 Å². The summed E-state index contributed by atoms with van der Waals surface area (Å²) in [6.45, 7) is 0.283. The number of azo groups is 1. The summed E-state index contributed by atoms with van der Waals surface area (Å²) in [5, 5.41) is 8.16. The van der Waals surface area contributed by atoms with E-state index in [1.807, 2.05) is 0 Å². The summed E-state index contributed by atoms with van der Waals surface area (Å²) in [4.78, 5) is 0. The highest BCUT2D eigenvalue weighted by Crippen LogP contribution is 2.17. The minimum atomic E-state index is -0.437. The number of nitrogens with zero attached hydrogens (tertiary/aromatic N) is 2. The van der Waals surface area contributed by atoms with Crippen molar-refractivity contribution in [1.82, 2.24) is 0 Å². The van der Waals surface area contributed by atoms with Crippen molar-refractivity contribution in [3.05, 3.63) is 29.3 Å². The molecule has 0 N–H and O–H groups in total. The number of halogens is 1. The fourth-order valence-corrected chi connectivity index (χ4v) is 1.32. The van der Waals surface area contributed by atoms with Crippen molar-refractivity contribution >= 4 is 29.0 Å². The van der Waals surface area contributed by atoms with E-state index in [0.29, 0.717) is 10.8 Å². The minimum absolute atomic E-state index is 0.153. The first-order valence-electron chi connectivity index (χ1n) is 4.24. The van der Waals surface area contributed by atoms with E-state index >= 15 is 0 Å². The van der Waals surface area contributed by atoms with Gasteiger partial charge in [0.15, 0.2) is 0 Å². The van der Waals surface area contributed by atoms with Crippen LogP contribution in [0.1, 0.15) is 0 Å². The van der Waals surface area contributed by atoms with E-state index in [2.05, 4.69) is 22.4 Å². The number of benzene rings is 1. The van der Waals surface area contributed by atoms with E-state index in [4.69, 9.17) is 21.1 Å². The molecule has 1 aromatic rings. The van der Waals surface area contributed by atoms with Gasteiger partial charge in [0.25, 0.3) is 0 Å². The van der Waals surface area contributed by atoms with E-state index in [9.17, 15) is 0 Å². The first-order valence-corrected chi connectivity index (χ1v) is 5.02. The van der Waals surface area contributed by atoms with Crippen LogP contribution in [0.2, 0.25) is 5.02 Å². The lowest BCUT2D eigenvalue weighted by Gasteiger charge is -2.08. The molecule has 78 valence electrons. The van der Waals surface area contributed by atoms with E-state index < -0.39 is 6.23 Å². The Bertz CT molecular complexity index is 394. The molecule has 1 aromatic carbocycles. The smallest absolute Gasteiger partial charge is 0.304 e. The number of hydrogen-bond donors (Lipinski definition) is 0. The number of thiocarbonyl (C=S) groups is 1. The average Bonchev–Trinajstić information content (AvgIpc) is 2.64. The zero-order chi connectivity index (χ0) is 10.7. The van der Waals surface area contributed by atoms with Gasteiger partial charge >= 0.3 is 5.17 Å². The molecule has 0 aromatic heterocycles. The molecule has 4 nitrogen and oxygen atoms in total. The molecule has 1 heterocycles. The molecule has 15 heavy (non-hydrogen) atoms. The molecular weight excluding hydrogens is 236 g/mol. The summed E-state index contributed by atoms with van der Waals surface area (Å²) in [5.74, 6) is 0.705. The monoisotopic (exact) mass is 242 g/mol. The van der Waals surface area contributed by atoms with Crippen molar-refractivity contribution in [3.63, 3.8) is 0 Å². The zero-order valence-electron chi connectivity index (χ0n) is 7.59. The number of rotatable bonds is 3. The van der Waals surface area contributed by atoms with Gasteiger partial charge in [0.2, 0.25) is 6.23 Å². The van der Waals surface area contributed by atoms with Crippen LogP contribution < -0.4 is 4.74 Å².